The molecule has 26 heavy (non-hydrogen) atoms. The molecule has 0 aliphatic carbocycles. The van der Waals surface area contributed by atoms with E-state index < -0.39 is 23.6 Å². The Kier molecular flexibility index (Phi) is 5.46. The molecule has 3 rings (SSSR count). The maximum Gasteiger partial charge on any atom is 0.495 e. The highest BCUT2D eigenvalue weighted by atomic mass is 79.9. The molecule has 1 aliphatic heterocycles. The van der Waals surface area contributed by atoms with E-state index in [2.05, 4.69) is 31.9 Å². The fourth-order valence-corrected chi connectivity index (χ4v) is 3.77. The van der Waals surface area contributed by atoms with Gasteiger partial charge in [0, 0.05) is 14.5 Å². The predicted octanol–water partition coefficient (Wildman–Crippen LogP) is 5.56. The predicted molar refractivity (Wildman–Crippen MR) is 113 cm³/mol. The van der Waals surface area contributed by atoms with Crippen molar-refractivity contribution >= 4 is 61.3 Å². The average molecular weight is 500 g/mol. The third-order valence-electron chi connectivity index (χ3n) is 5.03. The van der Waals surface area contributed by atoms with E-state index in [1.807, 2.05) is 52.0 Å². The summed E-state index contributed by atoms with van der Waals surface area (Å²) in [5.74, 6) is 0. The quantitative estimate of drug-likeness (QED) is 0.409. The van der Waals surface area contributed by atoms with E-state index in [0.717, 1.165) is 25.5 Å². The minimum absolute atomic E-state index is 0.409. The number of halogens is 3. The number of hydrogen-bond acceptors (Lipinski definition) is 3. The molecule has 3 nitrogen and oxygen atoms in total. The molecule has 1 saturated heterocycles. The third kappa shape index (κ3) is 3.54. The lowest BCUT2D eigenvalue weighted by Gasteiger charge is -2.32. The lowest BCUT2D eigenvalue weighted by Crippen LogP contribution is -2.41. The van der Waals surface area contributed by atoms with Gasteiger partial charge >= 0.3 is 7.12 Å². The molecule has 0 N–H and O–H groups in total. The zero-order valence-electron chi connectivity index (χ0n) is 14.9. The number of benzene rings is 2. The molecule has 7 heteroatoms. The molecule has 1 fully saturated rings. The monoisotopic (exact) mass is 498 g/mol. The molecular formula is C19H18BBr2ClO3. The van der Waals surface area contributed by atoms with Crippen LogP contribution in [0.2, 0.25) is 0 Å². The van der Waals surface area contributed by atoms with Crippen molar-refractivity contribution < 1.29 is 14.1 Å². The second kappa shape index (κ2) is 7.06. The van der Waals surface area contributed by atoms with Gasteiger partial charge in [0.15, 0.2) is 0 Å². The first-order valence-corrected chi connectivity index (χ1v) is 10.1. The zero-order chi connectivity index (χ0) is 19.3. The van der Waals surface area contributed by atoms with Gasteiger partial charge < -0.3 is 9.31 Å². The molecule has 0 unspecified atom stereocenters. The van der Waals surface area contributed by atoms with Gasteiger partial charge in [-0.1, -0.05) is 18.2 Å². The number of carbonyl (C=O) groups excluding carboxylic acids is 1. The molecule has 0 radical (unpaired) electrons. The topological polar surface area (TPSA) is 35.5 Å². The van der Waals surface area contributed by atoms with E-state index >= 15 is 0 Å². The van der Waals surface area contributed by atoms with E-state index in [4.69, 9.17) is 20.9 Å². The van der Waals surface area contributed by atoms with Crippen molar-refractivity contribution in [3.05, 3.63) is 50.9 Å². The highest BCUT2D eigenvalue weighted by Crippen LogP contribution is 2.39. The SMILES string of the molecule is CC1(C)OB(c2cc(C(=O)Cl)ccc2-c2cccc(Br)c2Br)OC1(C)C. The molecule has 0 bridgehead atoms. The van der Waals surface area contributed by atoms with Gasteiger partial charge in [-0.2, -0.15) is 0 Å². The summed E-state index contributed by atoms with van der Waals surface area (Å²) < 4.78 is 14.3. The maximum atomic E-state index is 11.7. The minimum Gasteiger partial charge on any atom is -0.399 e. The van der Waals surface area contributed by atoms with Gasteiger partial charge in [-0.25, -0.2) is 0 Å². The molecular weight excluding hydrogens is 482 g/mol. The van der Waals surface area contributed by atoms with Crippen LogP contribution in [0.1, 0.15) is 38.1 Å². The summed E-state index contributed by atoms with van der Waals surface area (Å²) in [6.45, 7) is 7.99. The Labute approximate surface area is 175 Å². The fourth-order valence-electron chi connectivity index (χ4n) is 2.81. The second-order valence-electron chi connectivity index (χ2n) is 7.27. The van der Waals surface area contributed by atoms with Gasteiger partial charge in [-0.3, -0.25) is 4.79 Å². The maximum absolute atomic E-state index is 11.7. The zero-order valence-corrected chi connectivity index (χ0v) is 18.8. The molecule has 0 atom stereocenters. The fraction of sp³-hybridized carbons (Fsp3) is 0.316. The van der Waals surface area contributed by atoms with Crippen LogP contribution < -0.4 is 5.46 Å². The Balaban J connectivity index is 2.18. The van der Waals surface area contributed by atoms with Crippen LogP contribution in [0.4, 0.5) is 0 Å². The Hall–Kier alpha value is -0.655. The first-order chi connectivity index (χ1) is 12.0. The first-order valence-electron chi connectivity index (χ1n) is 8.17. The van der Waals surface area contributed by atoms with Gasteiger partial charge in [0.05, 0.1) is 11.2 Å². The van der Waals surface area contributed by atoms with Crippen LogP contribution in [-0.4, -0.2) is 23.6 Å². The Morgan fingerprint density at radius 2 is 1.62 bits per heavy atom. The van der Waals surface area contributed by atoms with Crippen LogP contribution in [0.15, 0.2) is 45.3 Å². The molecule has 1 aliphatic rings. The van der Waals surface area contributed by atoms with Crippen LogP contribution in [0, 0.1) is 0 Å². The molecule has 1 heterocycles. The normalized spacial score (nSPS) is 18.2. The van der Waals surface area contributed by atoms with Gasteiger partial charge in [-0.05, 0) is 106 Å². The van der Waals surface area contributed by atoms with Crippen molar-refractivity contribution in [3.63, 3.8) is 0 Å². The van der Waals surface area contributed by atoms with Crippen molar-refractivity contribution in [1.29, 1.82) is 0 Å². The lowest BCUT2D eigenvalue weighted by atomic mass is 9.73. The standard InChI is InChI=1S/C19H18BBr2ClO3/c1-18(2)19(3,4)26-20(25-18)14-10-11(17(23)24)8-9-12(14)13-6-5-7-15(21)16(13)22/h5-10H,1-4H3. The van der Waals surface area contributed by atoms with E-state index in [1.165, 1.54) is 0 Å². The minimum atomic E-state index is -0.600. The summed E-state index contributed by atoms with van der Waals surface area (Å²) in [6, 6.07) is 11.3. The van der Waals surface area contributed by atoms with E-state index in [9.17, 15) is 4.79 Å². The lowest BCUT2D eigenvalue weighted by molar-refractivity contribution is 0.00578. The van der Waals surface area contributed by atoms with Crippen molar-refractivity contribution in [2.24, 2.45) is 0 Å². The summed E-state index contributed by atoms with van der Waals surface area (Å²) in [7, 11) is -0.600. The molecule has 2 aromatic carbocycles. The summed E-state index contributed by atoms with van der Waals surface area (Å²) in [5, 5.41) is -0.511. The van der Waals surface area contributed by atoms with Crippen molar-refractivity contribution in [2.45, 2.75) is 38.9 Å². The van der Waals surface area contributed by atoms with Crippen LogP contribution in [-0.2, 0) is 9.31 Å². The van der Waals surface area contributed by atoms with Crippen molar-refractivity contribution in [1.82, 2.24) is 0 Å². The van der Waals surface area contributed by atoms with Crippen LogP contribution in [0.3, 0.4) is 0 Å². The van der Waals surface area contributed by atoms with E-state index in [1.54, 1.807) is 12.1 Å². The van der Waals surface area contributed by atoms with Crippen molar-refractivity contribution in [2.75, 3.05) is 0 Å². The number of rotatable bonds is 3. The molecule has 0 spiro atoms. The van der Waals surface area contributed by atoms with Gasteiger partial charge in [0.1, 0.15) is 0 Å². The van der Waals surface area contributed by atoms with E-state index in [-0.39, 0.29) is 0 Å². The van der Waals surface area contributed by atoms with Gasteiger partial charge in [0.2, 0.25) is 0 Å². The summed E-state index contributed by atoms with van der Waals surface area (Å²) in [4.78, 5) is 11.7. The van der Waals surface area contributed by atoms with Gasteiger partial charge in [0.25, 0.3) is 5.24 Å². The average Bonchev–Trinajstić information content (AvgIpc) is 2.77. The summed E-state index contributed by atoms with van der Waals surface area (Å²) in [6.07, 6.45) is 0. The molecule has 0 saturated carbocycles. The summed E-state index contributed by atoms with van der Waals surface area (Å²) in [5.41, 5.74) is 2.10. The Bertz CT molecular complexity index is 867. The third-order valence-corrected chi connectivity index (χ3v) is 7.29. The molecule has 2 aromatic rings. The van der Waals surface area contributed by atoms with E-state index in [0.29, 0.717) is 5.56 Å². The smallest absolute Gasteiger partial charge is 0.399 e. The summed E-state index contributed by atoms with van der Waals surface area (Å²) >= 11 is 12.9. The molecule has 136 valence electrons. The van der Waals surface area contributed by atoms with Crippen LogP contribution >= 0.6 is 43.5 Å². The first kappa shape index (κ1) is 20.1. The molecule has 0 aromatic heterocycles. The van der Waals surface area contributed by atoms with Crippen LogP contribution in [0.5, 0.6) is 0 Å². The highest BCUT2D eigenvalue weighted by Gasteiger charge is 2.52. The van der Waals surface area contributed by atoms with Crippen molar-refractivity contribution in [3.8, 4) is 11.1 Å². The number of carbonyl (C=O) groups is 1. The molecule has 0 amide bonds. The number of hydrogen-bond donors (Lipinski definition) is 0. The Morgan fingerprint density at radius 1 is 1.00 bits per heavy atom. The Morgan fingerprint density at radius 3 is 2.19 bits per heavy atom. The van der Waals surface area contributed by atoms with Gasteiger partial charge in [-0.15, -0.1) is 0 Å². The van der Waals surface area contributed by atoms with Crippen LogP contribution in [0.25, 0.3) is 11.1 Å². The largest absolute Gasteiger partial charge is 0.495 e. The second-order valence-corrected chi connectivity index (χ2v) is 9.26. The highest BCUT2D eigenvalue weighted by molar-refractivity contribution is 9.13.